The third kappa shape index (κ3) is 6.01. The third-order valence-corrected chi connectivity index (χ3v) is 4.45. The lowest BCUT2D eigenvalue weighted by atomic mass is 9.88. The number of hydrogen-bond donors (Lipinski definition) is 1. The molecule has 0 aliphatic heterocycles. The van der Waals surface area contributed by atoms with Gasteiger partial charge >= 0.3 is 0 Å². The average Bonchev–Trinajstić information content (AvgIpc) is 3.23. The Morgan fingerprint density at radius 3 is 2.79 bits per heavy atom. The molecule has 0 aliphatic carbocycles. The first-order chi connectivity index (χ1) is 13.8. The third-order valence-electron chi connectivity index (χ3n) is 4.16. The van der Waals surface area contributed by atoms with Crippen LogP contribution in [0.25, 0.3) is 0 Å². The van der Waals surface area contributed by atoms with Crippen molar-refractivity contribution < 1.29 is 23.5 Å². The number of hydrogen-bond acceptors (Lipinski definition) is 4. The van der Waals surface area contributed by atoms with E-state index in [0.29, 0.717) is 11.4 Å². The van der Waals surface area contributed by atoms with Crippen LogP contribution in [0.1, 0.15) is 29.5 Å². The van der Waals surface area contributed by atoms with Gasteiger partial charge in [0, 0.05) is 29.2 Å². The van der Waals surface area contributed by atoms with Crippen LogP contribution in [0.15, 0.2) is 76.9 Å². The highest BCUT2D eigenvalue weighted by Crippen LogP contribution is 2.34. The summed E-state index contributed by atoms with van der Waals surface area (Å²) in [6.45, 7) is 5.06. The van der Waals surface area contributed by atoms with E-state index in [0.717, 1.165) is 6.07 Å². The van der Waals surface area contributed by atoms with Crippen LogP contribution in [-0.4, -0.2) is 23.8 Å². The summed E-state index contributed by atoms with van der Waals surface area (Å²) in [5, 5.41) is 11.4. The molecule has 0 bridgehead atoms. The van der Waals surface area contributed by atoms with E-state index in [-0.39, 0.29) is 30.0 Å². The molecule has 152 valence electrons. The number of ketones is 1. The molecule has 0 spiro atoms. The number of nitrogens with zero attached hydrogens (tertiary/aromatic N) is 1. The Labute approximate surface area is 173 Å². The second kappa shape index (κ2) is 10.0. The number of halogens is 2. The van der Waals surface area contributed by atoms with Gasteiger partial charge in [0.25, 0.3) is 0 Å². The van der Waals surface area contributed by atoms with E-state index in [9.17, 15) is 19.1 Å². The van der Waals surface area contributed by atoms with E-state index in [1.165, 1.54) is 42.4 Å². The van der Waals surface area contributed by atoms with E-state index in [2.05, 4.69) is 6.58 Å². The number of carbonyl (C=O) groups is 2. The van der Waals surface area contributed by atoms with E-state index in [1.807, 2.05) is 0 Å². The zero-order valence-corrected chi connectivity index (χ0v) is 16.6. The molecule has 0 aliphatic rings. The molecule has 1 aromatic carbocycles. The SMILES string of the molecule is C=C/C(Cl)=C\C=C\CN(C=O)c1ccc(F)cc1C(C)(O)CC(=O)c1ccco1. The quantitative estimate of drug-likeness (QED) is 0.345. The van der Waals surface area contributed by atoms with Crippen molar-refractivity contribution in [2.75, 3.05) is 11.4 Å². The van der Waals surface area contributed by atoms with Gasteiger partial charge in [-0.3, -0.25) is 9.59 Å². The molecule has 7 heteroatoms. The van der Waals surface area contributed by atoms with Crippen molar-refractivity contribution in [3.63, 3.8) is 0 Å². The minimum Gasteiger partial charge on any atom is -0.461 e. The van der Waals surface area contributed by atoms with Gasteiger partial charge in [0.1, 0.15) is 5.82 Å². The number of amides is 1. The van der Waals surface area contributed by atoms with Crippen LogP contribution < -0.4 is 4.90 Å². The Bertz CT molecular complexity index is 932. The number of allylic oxidation sites excluding steroid dienone is 4. The van der Waals surface area contributed by atoms with Gasteiger partial charge in [-0.25, -0.2) is 4.39 Å². The monoisotopic (exact) mass is 417 g/mol. The van der Waals surface area contributed by atoms with Crippen LogP contribution in [0.5, 0.6) is 0 Å². The summed E-state index contributed by atoms with van der Waals surface area (Å²) in [5.41, 5.74) is -1.35. The molecule has 2 rings (SSSR count). The van der Waals surface area contributed by atoms with Gasteiger partial charge in [-0.15, -0.1) is 0 Å². The highest BCUT2D eigenvalue weighted by molar-refractivity contribution is 6.31. The molecule has 1 unspecified atom stereocenters. The van der Waals surface area contributed by atoms with Crippen molar-refractivity contribution in [2.45, 2.75) is 18.9 Å². The summed E-state index contributed by atoms with van der Waals surface area (Å²) < 4.78 is 19.0. The summed E-state index contributed by atoms with van der Waals surface area (Å²) in [6, 6.07) is 6.71. The zero-order valence-electron chi connectivity index (χ0n) is 15.8. The van der Waals surface area contributed by atoms with Gasteiger partial charge in [-0.05, 0) is 43.3 Å². The van der Waals surface area contributed by atoms with Gasteiger partial charge in [0.15, 0.2) is 5.76 Å². The lowest BCUT2D eigenvalue weighted by Gasteiger charge is -2.29. The molecule has 1 amide bonds. The maximum absolute atomic E-state index is 13.9. The smallest absolute Gasteiger partial charge is 0.214 e. The van der Waals surface area contributed by atoms with Crippen molar-refractivity contribution in [1.82, 2.24) is 0 Å². The lowest BCUT2D eigenvalue weighted by Crippen LogP contribution is -2.30. The molecule has 5 nitrogen and oxygen atoms in total. The maximum Gasteiger partial charge on any atom is 0.214 e. The van der Waals surface area contributed by atoms with E-state index in [1.54, 1.807) is 24.3 Å². The average molecular weight is 418 g/mol. The summed E-state index contributed by atoms with van der Waals surface area (Å²) in [6.07, 6.45) is 7.93. The molecule has 1 atom stereocenters. The first-order valence-electron chi connectivity index (χ1n) is 8.74. The van der Waals surface area contributed by atoms with E-state index >= 15 is 0 Å². The van der Waals surface area contributed by atoms with Crippen molar-refractivity contribution >= 4 is 29.5 Å². The highest BCUT2D eigenvalue weighted by atomic mass is 35.5. The number of benzene rings is 1. The molecular formula is C22H21ClFNO4. The van der Waals surface area contributed by atoms with Crippen molar-refractivity contribution in [2.24, 2.45) is 0 Å². The van der Waals surface area contributed by atoms with Crippen LogP contribution in [0, 0.1) is 5.82 Å². The zero-order chi connectivity index (χ0) is 21.4. The molecule has 29 heavy (non-hydrogen) atoms. The number of furan rings is 1. The highest BCUT2D eigenvalue weighted by Gasteiger charge is 2.32. The van der Waals surface area contributed by atoms with Crippen LogP contribution >= 0.6 is 11.6 Å². The molecule has 1 aromatic heterocycles. The summed E-state index contributed by atoms with van der Waals surface area (Å²) in [7, 11) is 0. The standard InChI is InChI=1S/C22H21ClFNO4/c1-3-16(23)7-4-5-11-25(15-26)19-10-9-17(24)13-18(19)22(2,28)14-20(27)21-8-6-12-29-21/h3-10,12-13,15,28H,1,11,14H2,2H3/b5-4+,16-7+. The maximum atomic E-state index is 13.9. The summed E-state index contributed by atoms with van der Waals surface area (Å²) in [4.78, 5) is 25.3. The topological polar surface area (TPSA) is 70.8 Å². The molecule has 0 radical (unpaired) electrons. The fraction of sp³-hybridized carbons (Fsp3) is 0.182. The van der Waals surface area contributed by atoms with E-state index < -0.39 is 17.2 Å². The molecule has 2 aromatic rings. The summed E-state index contributed by atoms with van der Waals surface area (Å²) >= 11 is 5.82. The molecular weight excluding hydrogens is 397 g/mol. The van der Waals surface area contributed by atoms with Gasteiger partial charge in [-0.2, -0.15) is 0 Å². The van der Waals surface area contributed by atoms with Crippen molar-refractivity contribution in [1.29, 1.82) is 0 Å². The van der Waals surface area contributed by atoms with Crippen molar-refractivity contribution in [3.8, 4) is 0 Å². The predicted octanol–water partition coefficient (Wildman–Crippen LogP) is 4.73. The van der Waals surface area contributed by atoms with Crippen LogP contribution in [0.2, 0.25) is 0 Å². The molecule has 0 saturated carbocycles. The first kappa shape index (κ1) is 22.3. The lowest BCUT2D eigenvalue weighted by molar-refractivity contribution is -0.107. The fourth-order valence-electron chi connectivity index (χ4n) is 2.72. The molecule has 1 heterocycles. The Balaban J connectivity index is 2.32. The number of aliphatic hydroxyl groups is 1. The van der Waals surface area contributed by atoms with Gasteiger partial charge in [0.05, 0.1) is 11.9 Å². The largest absolute Gasteiger partial charge is 0.461 e. The Kier molecular flexibility index (Phi) is 7.70. The minimum atomic E-state index is -1.74. The van der Waals surface area contributed by atoms with Crippen LogP contribution in [-0.2, 0) is 10.4 Å². The van der Waals surface area contributed by atoms with Crippen LogP contribution in [0.4, 0.5) is 10.1 Å². The van der Waals surface area contributed by atoms with Crippen molar-refractivity contribution in [3.05, 3.63) is 89.7 Å². The predicted molar refractivity (Wildman–Crippen MR) is 110 cm³/mol. The number of Topliss-reactive ketones (excluding diaryl/α,β-unsaturated/α-hetero) is 1. The molecule has 1 N–H and O–H groups in total. The second-order valence-corrected chi connectivity index (χ2v) is 6.89. The summed E-state index contributed by atoms with van der Waals surface area (Å²) in [5.74, 6) is -0.960. The Hall–Kier alpha value is -2.96. The first-order valence-corrected chi connectivity index (χ1v) is 9.12. The fourth-order valence-corrected chi connectivity index (χ4v) is 2.80. The Morgan fingerprint density at radius 1 is 1.41 bits per heavy atom. The Morgan fingerprint density at radius 2 is 2.17 bits per heavy atom. The molecule has 0 fully saturated rings. The van der Waals surface area contributed by atoms with Gasteiger partial charge in [0.2, 0.25) is 12.2 Å². The van der Waals surface area contributed by atoms with Crippen LogP contribution in [0.3, 0.4) is 0 Å². The van der Waals surface area contributed by atoms with Gasteiger partial charge < -0.3 is 14.4 Å². The minimum absolute atomic E-state index is 0.0873. The number of carbonyl (C=O) groups excluding carboxylic acids is 2. The number of rotatable bonds is 10. The van der Waals surface area contributed by atoms with Gasteiger partial charge in [-0.1, -0.05) is 36.4 Å². The number of anilines is 1. The normalized spacial score (nSPS) is 13.9. The molecule has 0 saturated heterocycles. The second-order valence-electron chi connectivity index (χ2n) is 6.45. The van der Waals surface area contributed by atoms with E-state index in [4.69, 9.17) is 16.0 Å².